The van der Waals surface area contributed by atoms with Crippen LogP contribution in [0.25, 0.3) is 0 Å². The monoisotopic (exact) mass is 277 g/mol. The minimum atomic E-state index is -4.65. The number of aryl methyl sites for hydroxylation is 1. The van der Waals surface area contributed by atoms with Crippen molar-refractivity contribution in [2.75, 3.05) is 26.8 Å². The number of hydrogen-bond acceptors (Lipinski definition) is 3. The summed E-state index contributed by atoms with van der Waals surface area (Å²) in [5.41, 5.74) is 0.563. The second-order valence-corrected chi connectivity index (χ2v) is 4.00. The quantitative estimate of drug-likeness (QED) is 0.741. The Labute approximate surface area is 110 Å². The van der Waals surface area contributed by atoms with Crippen LogP contribution >= 0.6 is 0 Å². The van der Waals surface area contributed by atoms with Crippen molar-refractivity contribution >= 4 is 0 Å². The standard InChI is InChI=1S/C13H18F3NO2/c1-18-10-9-17-8-4-6-11-5-2-3-7-12(11)19-13(14,15)16/h2-3,5,7,17H,4,6,8-10H2,1H3. The van der Waals surface area contributed by atoms with E-state index in [9.17, 15) is 13.2 Å². The van der Waals surface area contributed by atoms with Gasteiger partial charge in [0.05, 0.1) is 6.61 Å². The lowest BCUT2D eigenvalue weighted by atomic mass is 10.1. The molecule has 0 saturated carbocycles. The molecule has 0 aliphatic heterocycles. The number of halogens is 3. The van der Waals surface area contributed by atoms with E-state index in [0.29, 0.717) is 18.6 Å². The Hall–Kier alpha value is -1.27. The number of para-hydroxylation sites is 1. The summed E-state index contributed by atoms with van der Waals surface area (Å²) in [5, 5.41) is 3.14. The van der Waals surface area contributed by atoms with Crippen LogP contribution in [0.3, 0.4) is 0 Å². The number of rotatable bonds is 8. The van der Waals surface area contributed by atoms with Gasteiger partial charge in [-0.15, -0.1) is 13.2 Å². The van der Waals surface area contributed by atoms with Crippen molar-refractivity contribution < 1.29 is 22.6 Å². The molecular weight excluding hydrogens is 259 g/mol. The molecule has 0 aliphatic rings. The minimum absolute atomic E-state index is 0.119. The second kappa shape index (κ2) is 8.01. The Morgan fingerprint density at radius 2 is 1.89 bits per heavy atom. The Balaban J connectivity index is 2.40. The van der Waals surface area contributed by atoms with Gasteiger partial charge in [-0.2, -0.15) is 0 Å². The van der Waals surface area contributed by atoms with Gasteiger partial charge >= 0.3 is 6.36 Å². The van der Waals surface area contributed by atoms with Gasteiger partial charge in [-0.1, -0.05) is 18.2 Å². The van der Waals surface area contributed by atoms with Gasteiger partial charge in [0.25, 0.3) is 0 Å². The second-order valence-electron chi connectivity index (χ2n) is 4.00. The number of methoxy groups -OCH3 is 1. The van der Waals surface area contributed by atoms with E-state index >= 15 is 0 Å². The van der Waals surface area contributed by atoms with E-state index in [4.69, 9.17) is 4.74 Å². The highest BCUT2D eigenvalue weighted by Crippen LogP contribution is 2.26. The largest absolute Gasteiger partial charge is 0.573 e. The molecule has 108 valence electrons. The van der Waals surface area contributed by atoms with Crippen LogP contribution in [0, 0.1) is 0 Å². The van der Waals surface area contributed by atoms with Crippen LogP contribution in [0.4, 0.5) is 13.2 Å². The normalized spacial score (nSPS) is 11.6. The number of nitrogens with one attached hydrogen (secondary N) is 1. The summed E-state index contributed by atoms with van der Waals surface area (Å²) in [4.78, 5) is 0. The summed E-state index contributed by atoms with van der Waals surface area (Å²) in [7, 11) is 1.62. The molecular formula is C13H18F3NO2. The Morgan fingerprint density at radius 3 is 2.58 bits per heavy atom. The van der Waals surface area contributed by atoms with Gasteiger partial charge in [-0.3, -0.25) is 0 Å². The number of benzene rings is 1. The maximum atomic E-state index is 12.2. The Morgan fingerprint density at radius 1 is 1.16 bits per heavy atom. The topological polar surface area (TPSA) is 30.5 Å². The molecule has 1 aromatic carbocycles. The first-order chi connectivity index (χ1) is 9.03. The minimum Gasteiger partial charge on any atom is -0.406 e. The van der Waals surface area contributed by atoms with E-state index in [1.807, 2.05) is 0 Å². The predicted octanol–water partition coefficient (Wildman–Crippen LogP) is 2.75. The average Bonchev–Trinajstić information content (AvgIpc) is 2.33. The van der Waals surface area contributed by atoms with Crippen molar-refractivity contribution in [1.82, 2.24) is 5.32 Å². The third kappa shape index (κ3) is 7.03. The molecule has 0 spiro atoms. The maximum Gasteiger partial charge on any atom is 0.573 e. The summed E-state index contributed by atoms with van der Waals surface area (Å²) in [5.74, 6) is -0.119. The van der Waals surface area contributed by atoms with Crippen molar-refractivity contribution in [3.05, 3.63) is 29.8 Å². The lowest BCUT2D eigenvalue weighted by Crippen LogP contribution is -2.21. The molecule has 1 aromatic rings. The Bertz CT molecular complexity index is 369. The zero-order valence-corrected chi connectivity index (χ0v) is 10.8. The summed E-state index contributed by atoms with van der Waals surface area (Å²) >= 11 is 0. The molecule has 0 unspecified atom stereocenters. The molecule has 0 radical (unpaired) electrons. The summed E-state index contributed by atoms with van der Waals surface area (Å²) in [6.07, 6.45) is -3.37. The van der Waals surface area contributed by atoms with Crippen molar-refractivity contribution in [3.63, 3.8) is 0 Å². The highest BCUT2D eigenvalue weighted by Gasteiger charge is 2.31. The molecule has 0 amide bonds. The fourth-order valence-electron chi connectivity index (χ4n) is 1.64. The Kier molecular flexibility index (Phi) is 6.66. The van der Waals surface area contributed by atoms with Gasteiger partial charge in [0.15, 0.2) is 0 Å². The molecule has 0 atom stereocenters. The molecule has 0 aromatic heterocycles. The zero-order chi connectivity index (χ0) is 14.1. The summed E-state index contributed by atoms with van der Waals surface area (Å²) < 4.78 is 45.5. The number of alkyl halides is 3. The van der Waals surface area contributed by atoms with E-state index in [1.165, 1.54) is 12.1 Å². The maximum absolute atomic E-state index is 12.2. The third-order valence-corrected chi connectivity index (χ3v) is 2.48. The van der Waals surface area contributed by atoms with Gasteiger partial charge in [0, 0.05) is 13.7 Å². The smallest absolute Gasteiger partial charge is 0.406 e. The third-order valence-electron chi connectivity index (χ3n) is 2.48. The molecule has 3 nitrogen and oxygen atoms in total. The van der Waals surface area contributed by atoms with Crippen LogP contribution in [-0.2, 0) is 11.2 Å². The fraction of sp³-hybridized carbons (Fsp3) is 0.538. The van der Waals surface area contributed by atoms with E-state index < -0.39 is 6.36 Å². The molecule has 0 aliphatic carbocycles. The van der Waals surface area contributed by atoms with Gasteiger partial charge in [-0.25, -0.2) is 0 Å². The van der Waals surface area contributed by atoms with Crippen molar-refractivity contribution in [1.29, 1.82) is 0 Å². The van der Waals surface area contributed by atoms with Gasteiger partial charge in [0.1, 0.15) is 5.75 Å². The molecule has 19 heavy (non-hydrogen) atoms. The van der Waals surface area contributed by atoms with Crippen molar-refractivity contribution in [3.8, 4) is 5.75 Å². The van der Waals surface area contributed by atoms with Crippen LogP contribution in [0.1, 0.15) is 12.0 Å². The first-order valence-corrected chi connectivity index (χ1v) is 6.06. The molecule has 0 saturated heterocycles. The van der Waals surface area contributed by atoms with Gasteiger partial charge in [0.2, 0.25) is 0 Å². The van der Waals surface area contributed by atoms with Crippen LogP contribution < -0.4 is 10.1 Å². The molecule has 6 heteroatoms. The summed E-state index contributed by atoms with van der Waals surface area (Å²) in [6.45, 7) is 2.08. The summed E-state index contributed by atoms with van der Waals surface area (Å²) in [6, 6.07) is 6.22. The van der Waals surface area contributed by atoms with Crippen molar-refractivity contribution in [2.45, 2.75) is 19.2 Å². The van der Waals surface area contributed by atoms with Crippen LogP contribution in [-0.4, -0.2) is 33.2 Å². The lowest BCUT2D eigenvalue weighted by Gasteiger charge is -2.13. The van der Waals surface area contributed by atoms with E-state index in [2.05, 4.69) is 10.1 Å². The van der Waals surface area contributed by atoms with E-state index in [-0.39, 0.29) is 5.75 Å². The molecule has 0 bridgehead atoms. The number of ether oxygens (including phenoxy) is 2. The molecule has 0 fully saturated rings. The average molecular weight is 277 g/mol. The van der Waals surface area contributed by atoms with Crippen LogP contribution in [0.15, 0.2) is 24.3 Å². The molecule has 1 rings (SSSR count). The molecule has 0 heterocycles. The fourth-order valence-corrected chi connectivity index (χ4v) is 1.64. The zero-order valence-electron chi connectivity index (χ0n) is 10.8. The van der Waals surface area contributed by atoms with Gasteiger partial charge < -0.3 is 14.8 Å². The van der Waals surface area contributed by atoms with E-state index in [0.717, 1.165) is 19.5 Å². The van der Waals surface area contributed by atoms with Crippen molar-refractivity contribution in [2.24, 2.45) is 0 Å². The van der Waals surface area contributed by atoms with Crippen LogP contribution in [0.2, 0.25) is 0 Å². The SMILES string of the molecule is COCCNCCCc1ccccc1OC(F)(F)F. The van der Waals surface area contributed by atoms with Gasteiger partial charge in [-0.05, 0) is 31.0 Å². The van der Waals surface area contributed by atoms with E-state index in [1.54, 1.807) is 19.2 Å². The lowest BCUT2D eigenvalue weighted by molar-refractivity contribution is -0.274. The van der Waals surface area contributed by atoms with Crippen LogP contribution in [0.5, 0.6) is 5.75 Å². The first-order valence-electron chi connectivity index (χ1n) is 6.06. The number of hydrogen-bond donors (Lipinski definition) is 1. The highest BCUT2D eigenvalue weighted by atomic mass is 19.4. The first kappa shape index (κ1) is 15.8. The predicted molar refractivity (Wildman–Crippen MR) is 66.2 cm³/mol. The molecule has 1 N–H and O–H groups in total. The highest BCUT2D eigenvalue weighted by molar-refractivity contribution is 5.33.